The first-order valence-corrected chi connectivity index (χ1v) is 3.88. The van der Waals surface area contributed by atoms with Gasteiger partial charge in [0.25, 0.3) is 0 Å². The zero-order chi connectivity index (χ0) is 8.01. The Balaban J connectivity index is 2.07. The van der Waals surface area contributed by atoms with Crippen molar-refractivity contribution >= 4 is 0 Å². The molecule has 0 aromatic rings. The fourth-order valence-corrected chi connectivity index (χ4v) is 2.00. The van der Waals surface area contributed by atoms with E-state index in [9.17, 15) is 10.2 Å². The second-order valence-electron chi connectivity index (χ2n) is 3.32. The first kappa shape index (κ1) is 7.49. The van der Waals surface area contributed by atoms with E-state index in [1.54, 1.807) is 0 Å². The Bertz CT molecular complexity index is 161. The van der Waals surface area contributed by atoms with E-state index >= 15 is 0 Å². The second-order valence-corrected chi connectivity index (χ2v) is 3.32. The maximum absolute atomic E-state index is 9.34. The number of hydrogen-bond acceptors (Lipinski definition) is 4. The van der Waals surface area contributed by atoms with Gasteiger partial charge in [0.05, 0.1) is 18.3 Å². The van der Waals surface area contributed by atoms with E-state index in [-0.39, 0.29) is 12.0 Å². The van der Waals surface area contributed by atoms with Gasteiger partial charge in [-0.2, -0.15) is 0 Å². The van der Waals surface area contributed by atoms with E-state index in [4.69, 9.17) is 9.84 Å². The molecule has 2 aliphatic rings. The van der Waals surface area contributed by atoms with E-state index in [0.717, 1.165) is 0 Å². The second kappa shape index (κ2) is 2.42. The normalized spacial score (nSPS) is 56.5. The summed E-state index contributed by atoms with van der Waals surface area (Å²) in [6.45, 7) is 0. The van der Waals surface area contributed by atoms with Crippen molar-refractivity contribution in [2.24, 2.45) is 5.92 Å². The molecule has 0 aromatic heterocycles. The minimum absolute atomic E-state index is 0.0694. The molecule has 4 nitrogen and oxygen atoms in total. The lowest BCUT2D eigenvalue weighted by atomic mass is 10.0. The molecule has 2 fully saturated rings. The van der Waals surface area contributed by atoms with Crippen molar-refractivity contribution in [2.45, 2.75) is 37.4 Å². The first-order valence-electron chi connectivity index (χ1n) is 3.88. The largest absolute Gasteiger partial charge is 0.390 e. The highest BCUT2D eigenvalue weighted by molar-refractivity contribution is 4.95. The van der Waals surface area contributed by atoms with E-state index in [0.29, 0.717) is 12.8 Å². The Labute approximate surface area is 64.4 Å². The van der Waals surface area contributed by atoms with Crippen LogP contribution < -0.4 is 0 Å². The summed E-state index contributed by atoms with van der Waals surface area (Å²) in [7, 11) is 0. The zero-order valence-corrected chi connectivity index (χ0v) is 6.05. The third kappa shape index (κ3) is 1.06. The van der Waals surface area contributed by atoms with Gasteiger partial charge < -0.3 is 20.1 Å². The fraction of sp³-hybridized carbons (Fsp3) is 1.00. The average molecular weight is 160 g/mol. The van der Waals surface area contributed by atoms with Gasteiger partial charge in [0.2, 0.25) is 0 Å². The molecule has 1 saturated heterocycles. The Morgan fingerprint density at radius 1 is 1.09 bits per heavy atom. The smallest absolute Gasteiger partial charge is 0.155 e. The van der Waals surface area contributed by atoms with Gasteiger partial charge in [-0.1, -0.05) is 0 Å². The zero-order valence-electron chi connectivity index (χ0n) is 6.05. The van der Waals surface area contributed by atoms with Crippen LogP contribution in [0.3, 0.4) is 0 Å². The molecular weight excluding hydrogens is 148 g/mol. The predicted molar refractivity (Wildman–Crippen MR) is 35.6 cm³/mol. The van der Waals surface area contributed by atoms with Crippen LogP contribution in [0.15, 0.2) is 0 Å². The molecule has 0 radical (unpaired) electrons. The molecule has 1 aliphatic heterocycles. The molecule has 0 unspecified atom stereocenters. The number of hydrogen-bond donors (Lipinski definition) is 3. The van der Waals surface area contributed by atoms with Crippen molar-refractivity contribution in [1.29, 1.82) is 0 Å². The lowest BCUT2D eigenvalue weighted by Gasteiger charge is -2.12. The van der Waals surface area contributed by atoms with Gasteiger partial charge in [-0.15, -0.1) is 0 Å². The highest BCUT2D eigenvalue weighted by Crippen LogP contribution is 2.38. The summed E-state index contributed by atoms with van der Waals surface area (Å²) in [5, 5.41) is 27.5. The first-order chi connectivity index (χ1) is 5.18. The standard InChI is InChI=1S/C7H12O4/c8-4-2-5-3(7(4)10)1-6(9)11-5/h3-10H,1-2H2/t3-,4+,5-,6+,7-/m0/s1. The summed E-state index contributed by atoms with van der Waals surface area (Å²) in [6.07, 6.45) is -1.37. The Kier molecular flexibility index (Phi) is 1.64. The summed E-state index contributed by atoms with van der Waals surface area (Å²) in [6, 6.07) is 0. The minimum Gasteiger partial charge on any atom is -0.390 e. The van der Waals surface area contributed by atoms with Gasteiger partial charge in [-0.25, -0.2) is 0 Å². The Hall–Kier alpha value is -0.160. The summed E-state index contributed by atoms with van der Waals surface area (Å²) < 4.78 is 5.06. The average Bonchev–Trinajstić information content (AvgIpc) is 2.37. The van der Waals surface area contributed by atoms with Crippen molar-refractivity contribution in [2.75, 3.05) is 0 Å². The molecule has 1 heterocycles. The highest BCUT2D eigenvalue weighted by Gasteiger charge is 2.48. The molecular formula is C7H12O4. The van der Waals surface area contributed by atoms with Crippen molar-refractivity contribution in [1.82, 2.24) is 0 Å². The molecule has 0 amide bonds. The number of ether oxygens (including phenoxy) is 1. The Morgan fingerprint density at radius 3 is 2.45 bits per heavy atom. The molecule has 0 aromatic carbocycles. The molecule has 1 aliphatic carbocycles. The third-order valence-electron chi connectivity index (χ3n) is 2.59. The summed E-state index contributed by atoms with van der Waals surface area (Å²) >= 11 is 0. The van der Waals surface area contributed by atoms with Crippen molar-refractivity contribution < 1.29 is 20.1 Å². The quantitative estimate of drug-likeness (QED) is 0.418. The molecule has 1 saturated carbocycles. The number of fused-ring (bicyclic) bond motifs is 1. The lowest BCUT2D eigenvalue weighted by molar-refractivity contribution is -0.0957. The predicted octanol–water partition coefficient (Wildman–Crippen LogP) is -1.16. The minimum atomic E-state index is -0.743. The molecule has 5 atom stereocenters. The van der Waals surface area contributed by atoms with Crippen LogP contribution in [0.2, 0.25) is 0 Å². The van der Waals surface area contributed by atoms with Gasteiger partial charge in [0, 0.05) is 18.8 Å². The van der Waals surface area contributed by atoms with Crippen LogP contribution in [0.25, 0.3) is 0 Å². The van der Waals surface area contributed by atoms with E-state index < -0.39 is 18.5 Å². The molecule has 0 spiro atoms. The van der Waals surface area contributed by atoms with Crippen LogP contribution in [0.4, 0.5) is 0 Å². The SMILES string of the molecule is O[C@H]1[C@H]2C[C@H](O)O[C@H]2C[C@H]1O. The number of aliphatic hydroxyl groups is 3. The molecule has 4 heteroatoms. The van der Waals surface area contributed by atoms with Crippen LogP contribution in [0.1, 0.15) is 12.8 Å². The van der Waals surface area contributed by atoms with Gasteiger partial charge in [0.1, 0.15) is 0 Å². The van der Waals surface area contributed by atoms with Crippen LogP contribution in [-0.4, -0.2) is 39.9 Å². The molecule has 0 bridgehead atoms. The van der Waals surface area contributed by atoms with Gasteiger partial charge in [0.15, 0.2) is 6.29 Å². The van der Waals surface area contributed by atoms with Gasteiger partial charge in [-0.3, -0.25) is 0 Å². The summed E-state index contributed by atoms with van der Waals surface area (Å²) in [5.74, 6) is -0.0694. The number of rotatable bonds is 0. The maximum Gasteiger partial charge on any atom is 0.155 e. The van der Waals surface area contributed by atoms with E-state index in [1.807, 2.05) is 0 Å². The monoisotopic (exact) mass is 160 g/mol. The maximum atomic E-state index is 9.34. The van der Waals surface area contributed by atoms with Crippen LogP contribution in [0, 0.1) is 5.92 Å². The summed E-state index contributed by atoms with van der Waals surface area (Å²) in [4.78, 5) is 0. The van der Waals surface area contributed by atoms with Crippen molar-refractivity contribution in [3.63, 3.8) is 0 Å². The number of aliphatic hydroxyl groups excluding tert-OH is 3. The molecule has 11 heavy (non-hydrogen) atoms. The van der Waals surface area contributed by atoms with Crippen molar-refractivity contribution in [3.8, 4) is 0 Å². The molecule has 3 N–H and O–H groups in total. The van der Waals surface area contributed by atoms with Crippen LogP contribution >= 0.6 is 0 Å². The highest BCUT2D eigenvalue weighted by atomic mass is 16.6. The Morgan fingerprint density at radius 2 is 1.82 bits per heavy atom. The van der Waals surface area contributed by atoms with E-state index in [1.165, 1.54) is 0 Å². The lowest BCUT2D eigenvalue weighted by Crippen LogP contribution is -2.25. The van der Waals surface area contributed by atoms with E-state index in [2.05, 4.69) is 0 Å². The fourth-order valence-electron chi connectivity index (χ4n) is 2.00. The topological polar surface area (TPSA) is 69.9 Å². The molecule has 2 rings (SSSR count). The van der Waals surface area contributed by atoms with Crippen LogP contribution in [0.5, 0.6) is 0 Å². The van der Waals surface area contributed by atoms with Crippen LogP contribution in [-0.2, 0) is 4.74 Å². The third-order valence-corrected chi connectivity index (χ3v) is 2.59. The van der Waals surface area contributed by atoms with Gasteiger partial charge >= 0.3 is 0 Å². The molecule has 64 valence electrons. The summed E-state index contributed by atoms with van der Waals surface area (Å²) in [5.41, 5.74) is 0. The van der Waals surface area contributed by atoms with Gasteiger partial charge in [-0.05, 0) is 0 Å². The van der Waals surface area contributed by atoms with Crippen molar-refractivity contribution in [3.05, 3.63) is 0 Å².